The second-order valence-electron chi connectivity index (χ2n) is 12.7. The van der Waals surface area contributed by atoms with Crippen molar-refractivity contribution in [1.29, 1.82) is 0 Å². The van der Waals surface area contributed by atoms with Crippen LogP contribution in [-0.2, 0) is 4.79 Å². The minimum absolute atomic E-state index is 0.143. The number of fused-ring (bicyclic) bond motifs is 5. The lowest BCUT2D eigenvalue weighted by Crippen LogP contribution is -2.52. The highest BCUT2D eigenvalue weighted by Gasteiger charge is 2.58. The smallest absolute Gasteiger partial charge is 0.217 e. The lowest BCUT2D eigenvalue weighted by atomic mass is 9.45. The van der Waals surface area contributed by atoms with Gasteiger partial charge in [-0.2, -0.15) is 0 Å². The maximum absolute atomic E-state index is 10.8. The Morgan fingerprint density at radius 3 is 2.38 bits per heavy atom. The van der Waals surface area contributed by atoms with Gasteiger partial charge in [-0.25, -0.2) is 0 Å². The van der Waals surface area contributed by atoms with Gasteiger partial charge in [-0.05, 0) is 98.7 Å². The number of nitrogens with two attached hydrogens (primary N) is 1. The van der Waals surface area contributed by atoms with E-state index in [-0.39, 0.29) is 5.91 Å². The van der Waals surface area contributed by atoms with E-state index in [9.17, 15) is 4.79 Å². The van der Waals surface area contributed by atoms with Gasteiger partial charge in [-0.1, -0.05) is 76.9 Å². The first-order valence-electron chi connectivity index (χ1n) is 14.4. The van der Waals surface area contributed by atoms with Crippen molar-refractivity contribution in [3.8, 4) is 0 Å². The minimum Gasteiger partial charge on any atom is -0.370 e. The largest absolute Gasteiger partial charge is 0.370 e. The molecule has 0 unspecified atom stereocenters. The van der Waals surface area contributed by atoms with Crippen LogP contribution in [0.5, 0.6) is 0 Å². The number of allylic oxidation sites excluding steroid dienone is 2. The van der Waals surface area contributed by atoms with E-state index < -0.39 is 0 Å². The molecule has 6 atom stereocenters. The number of rotatable bonds is 11. The van der Waals surface area contributed by atoms with E-state index in [2.05, 4.69) is 19.9 Å². The predicted octanol–water partition coefficient (Wildman–Crippen LogP) is 8.34. The van der Waals surface area contributed by atoms with Gasteiger partial charge in [0.25, 0.3) is 0 Å². The molecule has 0 aromatic rings. The highest BCUT2D eigenvalue weighted by atomic mass is 16.1. The van der Waals surface area contributed by atoms with Gasteiger partial charge < -0.3 is 5.73 Å². The maximum Gasteiger partial charge on any atom is 0.217 e. The molecule has 0 aliphatic heterocycles. The van der Waals surface area contributed by atoms with E-state index in [1.807, 2.05) is 5.57 Å². The molecule has 4 rings (SSSR count). The lowest BCUT2D eigenvalue weighted by molar-refractivity contribution is -0.118. The van der Waals surface area contributed by atoms with Gasteiger partial charge in [0.15, 0.2) is 0 Å². The summed E-state index contributed by atoms with van der Waals surface area (Å²) < 4.78 is 0. The molecule has 0 radical (unpaired) electrons. The summed E-state index contributed by atoms with van der Waals surface area (Å²) in [5, 5.41) is 0. The summed E-state index contributed by atoms with van der Waals surface area (Å²) in [4.78, 5) is 10.8. The molecule has 4 aliphatic carbocycles. The first kappa shape index (κ1) is 24.3. The fourth-order valence-corrected chi connectivity index (χ4v) is 8.94. The lowest BCUT2D eigenvalue weighted by Gasteiger charge is -2.60. The van der Waals surface area contributed by atoms with Crippen molar-refractivity contribution < 1.29 is 4.79 Å². The summed E-state index contributed by atoms with van der Waals surface area (Å²) in [7, 11) is 0. The Hall–Kier alpha value is -0.790. The molecule has 2 heteroatoms. The fourth-order valence-electron chi connectivity index (χ4n) is 8.94. The zero-order chi connectivity index (χ0) is 22.6. The Morgan fingerprint density at radius 2 is 1.62 bits per heavy atom. The van der Waals surface area contributed by atoms with E-state index in [0.29, 0.717) is 17.3 Å². The highest BCUT2D eigenvalue weighted by molar-refractivity contribution is 5.73. The molecule has 0 saturated heterocycles. The summed E-state index contributed by atoms with van der Waals surface area (Å²) in [6.45, 7) is 5.34. The van der Waals surface area contributed by atoms with Crippen LogP contribution < -0.4 is 5.73 Å². The third-order valence-electron chi connectivity index (χ3n) is 10.7. The van der Waals surface area contributed by atoms with Crippen molar-refractivity contribution in [2.75, 3.05) is 0 Å². The van der Waals surface area contributed by atoms with Gasteiger partial charge in [-0.15, -0.1) is 0 Å². The second kappa shape index (κ2) is 10.6. The summed E-state index contributed by atoms with van der Waals surface area (Å²) >= 11 is 0. The summed E-state index contributed by atoms with van der Waals surface area (Å²) in [6, 6.07) is 0. The average Bonchev–Trinajstić information content (AvgIpc) is 3.16. The number of unbranched alkanes of at least 4 members (excludes halogenated alkanes) is 7. The van der Waals surface area contributed by atoms with E-state index >= 15 is 0 Å². The van der Waals surface area contributed by atoms with Gasteiger partial charge in [0.2, 0.25) is 5.91 Å². The van der Waals surface area contributed by atoms with E-state index in [1.54, 1.807) is 0 Å². The number of carbonyl (C=O) groups excluding carboxylic acids is 1. The van der Waals surface area contributed by atoms with Crippen molar-refractivity contribution in [3.05, 3.63) is 11.6 Å². The van der Waals surface area contributed by atoms with Gasteiger partial charge >= 0.3 is 0 Å². The van der Waals surface area contributed by atoms with Gasteiger partial charge in [0.05, 0.1) is 0 Å². The van der Waals surface area contributed by atoms with Crippen LogP contribution in [0.25, 0.3) is 0 Å². The standard InChI is InChI=1S/C30H51NO/c1-29-19-13-16-25(29)28-23(14-9-7-5-3-4-6-8-10-17-27(31)32)22-24-15-11-12-20-30(24,2)26(28)18-21-29/h15,23,25-26,28H,3-14,16-22H2,1-2H3,(H2,31,32)/t23-,25+,26+,28+,29+,30+/m1/s1. The van der Waals surface area contributed by atoms with Gasteiger partial charge in [0, 0.05) is 6.42 Å². The third kappa shape index (κ3) is 5.15. The number of amides is 1. The van der Waals surface area contributed by atoms with Gasteiger partial charge in [0.1, 0.15) is 0 Å². The van der Waals surface area contributed by atoms with E-state index in [0.717, 1.165) is 30.1 Å². The average molecular weight is 442 g/mol. The molecule has 182 valence electrons. The van der Waals surface area contributed by atoms with Crippen molar-refractivity contribution in [3.63, 3.8) is 0 Å². The Balaban J connectivity index is 1.28. The molecule has 0 heterocycles. The molecule has 3 saturated carbocycles. The van der Waals surface area contributed by atoms with Crippen LogP contribution in [0.4, 0.5) is 0 Å². The summed E-state index contributed by atoms with van der Waals surface area (Å²) in [5.74, 6) is 3.84. The molecule has 32 heavy (non-hydrogen) atoms. The van der Waals surface area contributed by atoms with E-state index in [4.69, 9.17) is 5.73 Å². The fraction of sp³-hybridized carbons (Fsp3) is 0.900. The van der Waals surface area contributed by atoms with Crippen LogP contribution >= 0.6 is 0 Å². The van der Waals surface area contributed by atoms with Crippen molar-refractivity contribution in [1.82, 2.24) is 0 Å². The molecule has 4 aliphatic rings. The summed E-state index contributed by atoms with van der Waals surface area (Å²) in [5.41, 5.74) is 8.32. The number of carbonyl (C=O) groups is 1. The van der Waals surface area contributed by atoms with Crippen molar-refractivity contribution in [2.45, 2.75) is 136 Å². The Kier molecular flexibility index (Phi) is 8.10. The zero-order valence-corrected chi connectivity index (χ0v) is 21.3. The Morgan fingerprint density at radius 1 is 0.906 bits per heavy atom. The second-order valence-corrected chi connectivity index (χ2v) is 12.7. The topological polar surface area (TPSA) is 43.1 Å². The van der Waals surface area contributed by atoms with Crippen LogP contribution in [0, 0.1) is 34.5 Å². The molecular weight excluding hydrogens is 390 g/mol. The Bertz CT molecular complexity index is 668. The predicted molar refractivity (Wildman–Crippen MR) is 135 cm³/mol. The third-order valence-corrected chi connectivity index (χ3v) is 10.7. The van der Waals surface area contributed by atoms with Crippen LogP contribution in [0.1, 0.15) is 136 Å². The molecule has 0 aromatic carbocycles. The van der Waals surface area contributed by atoms with Crippen LogP contribution in [0.2, 0.25) is 0 Å². The first-order valence-corrected chi connectivity index (χ1v) is 14.4. The Labute approximate surface area is 198 Å². The molecule has 3 fully saturated rings. The quantitative estimate of drug-likeness (QED) is 0.254. The number of hydrogen-bond acceptors (Lipinski definition) is 1. The highest BCUT2D eigenvalue weighted by Crippen LogP contribution is 2.67. The minimum atomic E-state index is -0.143. The van der Waals surface area contributed by atoms with Crippen LogP contribution in [0.3, 0.4) is 0 Å². The van der Waals surface area contributed by atoms with Crippen LogP contribution in [-0.4, -0.2) is 5.91 Å². The zero-order valence-electron chi connectivity index (χ0n) is 21.3. The molecule has 0 bridgehead atoms. The molecule has 0 aromatic heterocycles. The van der Waals surface area contributed by atoms with E-state index in [1.165, 1.54) is 109 Å². The molecular formula is C30H51NO. The number of primary amides is 1. The molecule has 0 spiro atoms. The molecule has 2 nitrogen and oxygen atoms in total. The van der Waals surface area contributed by atoms with Gasteiger partial charge in [-0.3, -0.25) is 4.79 Å². The summed E-state index contributed by atoms with van der Waals surface area (Å²) in [6.07, 6.45) is 28.4. The molecule has 2 N–H and O–H groups in total. The van der Waals surface area contributed by atoms with Crippen LogP contribution in [0.15, 0.2) is 11.6 Å². The SMILES string of the molecule is C[C@@]12CCC[C@H]1[C@@H]1[C@H](CCCCCCCCCCC(N)=O)CC3=CCCC[C@]3(C)[C@H]1CC2. The first-order chi connectivity index (χ1) is 15.4. The normalized spacial score (nSPS) is 38.5. The maximum atomic E-state index is 10.8. The molecule has 1 amide bonds. The number of hydrogen-bond donors (Lipinski definition) is 1. The van der Waals surface area contributed by atoms with Crippen molar-refractivity contribution in [2.24, 2.45) is 40.2 Å². The van der Waals surface area contributed by atoms with Crippen molar-refractivity contribution >= 4 is 5.91 Å². The monoisotopic (exact) mass is 441 g/mol.